The lowest BCUT2D eigenvalue weighted by atomic mass is 10.2. The number of amides is 1. The van der Waals surface area contributed by atoms with Crippen molar-refractivity contribution < 1.29 is 27.5 Å². The number of aromatic amines is 1. The number of pyridine rings is 1. The summed E-state index contributed by atoms with van der Waals surface area (Å²) >= 11 is 0. The van der Waals surface area contributed by atoms with Gasteiger partial charge in [0.25, 0.3) is 5.91 Å². The number of morpholine rings is 1. The number of nitrogens with zero attached hydrogens (tertiary/aromatic N) is 1. The molecule has 0 unspecified atom stereocenters. The quantitative estimate of drug-likeness (QED) is 0.631. The van der Waals surface area contributed by atoms with Gasteiger partial charge >= 0.3 is 5.97 Å². The normalized spacial score (nSPS) is 14.8. The van der Waals surface area contributed by atoms with Gasteiger partial charge in [-0.2, -0.15) is 4.31 Å². The molecule has 1 aromatic carbocycles. The molecule has 0 spiro atoms. The fraction of sp³-hybridized carbons (Fsp3) is 0.316. The molecule has 10 nitrogen and oxygen atoms in total. The molecular weight excluding hydrogens is 414 g/mol. The van der Waals surface area contributed by atoms with Crippen LogP contribution < -0.4 is 10.9 Å². The van der Waals surface area contributed by atoms with Crippen LogP contribution in [0, 0.1) is 6.92 Å². The third-order valence-corrected chi connectivity index (χ3v) is 6.34. The highest BCUT2D eigenvalue weighted by atomic mass is 32.2. The molecule has 3 rings (SSSR count). The molecule has 1 aliphatic heterocycles. The molecule has 1 saturated heterocycles. The number of nitrogens with one attached hydrogen (secondary N) is 2. The van der Waals surface area contributed by atoms with Gasteiger partial charge in [-0.1, -0.05) is 6.07 Å². The highest BCUT2D eigenvalue weighted by Crippen LogP contribution is 2.23. The van der Waals surface area contributed by atoms with Crippen LogP contribution in [0.3, 0.4) is 0 Å². The Bertz CT molecular complexity index is 1080. The van der Waals surface area contributed by atoms with E-state index in [-0.39, 0.29) is 29.1 Å². The lowest BCUT2D eigenvalue weighted by Crippen LogP contribution is -2.40. The van der Waals surface area contributed by atoms with Gasteiger partial charge in [0.15, 0.2) is 6.61 Å². The van der Waals surface area contributed by atoms with Gasteiger partial charge in [-0.3, -0.25) is 9.59 Å². The number of rotatable bonds is 6. The molecular formula is C19H21N3O7S. The minimum atomic E-state index is -3.71. The van der Waals surface area contributed by atoms with Gasteiger partial charge in [-0.15, -0.1) is 0 Å². The number of esters is 1. The van der Waals surface area contributed by atoms with Gasteiger partial charge < -0.3 is 19.8 Å². The molecule has 30 heavy (non-hydrogen) atoms. The minimum absolute atomic E-state index is 0.0514. The minimum Gasteiger partial charge on any atom is -0.452 e. The van der Waals surface area contributed by atoms with E-state index >= 15 is 0 Å². The predicted octanol–water partition coefficient (Wildman–Crippen LogP) is 0.500. The monoisotopic (exact) mass is 435 g/mol. The molecule has 1 aromatic heterocycles. The summed E-state index contributed by atoms with van der Waals surface area (Å²) in [7, 11) is -3.71. The summed E-state index contributed by atoms with van der Waals surface area (Å²) in [6.07, 6.45) is 1.19. The lowest BCUT2D eigenvalue weighted by molar-refractivity contribution is -0.119. The maximum absolute atomic E-state index is 12.8. The number of ether oxygens (including phenoxy) is 2. The first kappa shape index (κ1) is 21.7. The van der Waals surface area contributed by atoms with Gasteiger partial charge in [0, 0.05) is 31.0 Å². The number of hydrogen-bond acceptors (Lipinski definition) is 7. The van der Waals surface area contributed by atoms with Crippen molar-refractivity contribution in [3.63, 3.8) is 0 Å². The summed E-state index contributed by atoms with van der Waals surface area (Å²) in [5, 5.41) is 2.56. The van der Waals surface area contributed by atoms with E-state index in [0.717, 1.165) is 0 Å². The summed E-state index contributed by atoms with van der Waals surface area (Å²) in [6.45, 7) is 2.33. The second-order valence-electron chi connectivity index (χ2n) is 6.56. The van der Waals surface area contributed by atoms with Crippen LogP contribution in [0.2, 0.25) is 0 Å². The fourth-order valence-electron chi connectivity index (χ4n) is 2.77. The van der Waals surface area contributed by atoms with E-state index in [2.05, 4.69) is 10.3 Å². The van der Waals surface area contributed by atoms with Crippen molar-refractivity contribution >= 4 is 27.6 Å². The Morgan fingerprint density at radius 1 is 1.20 bits per heavy atom. The molecule has 0 radical (unpaired) electrons. The second kappa shape index (κ2) is 9.20. The zero-order valence-electron chi connectivity index (χ0n) is 16.2. The zero-order valence-corrected chi connectivity index (χ0v) is 17.0. The molecule has 0 aliphatic carbocycles. The van der Waals surface area contributed by atoms with Crippen LogP contribution in [0.25, 0.3) is 0 Å². The number of anilines is 1. The highest BCUT2D eigenvalue weighted by Gasteiger charge is 2.27. The van der Waals surface area contributed by atoms with Crippen LogP contribution in [0.1, 0.15) is 15.9 Å². The largest absolute Gasteiger partial charge is 0.452 e. The first-order valence-corrected chi connectivity index (χ1v) is 10.6. The maximum Gasteiger partial charge on any atom is 0.340 e. The Hall–Kier alpha value is -3.02. The molecule has 0 atom stereocenters. The average Bonchev–Trinajstić information content (AvgIpc) is 2.74. The van der Waals surface area contributed by atoms with Gasteiger partial charge in [-0.05, 0) is 30.7 Å². The van der Waals surface area contributed by atoms with Crippen molar-refractivity contribution in [3.8, 4) is 0 Å². The van der Waals surface area contributed by atoms with E-state index in [4.69, 9.17) is 9.47 Å². The summed E-state index contributed by atoms with van der Waals surface area (Å²) in [5.74, 6) is -1.40. The molecule has 1 fully saturated rings. The summed E-state index contributed by atoms with van der Waals surface area (Å²) in [6, 6.07) is 6.90. The third-order valence-electron chi connectivity index (χ3n) is 4.45. The molecule has 0 saturated carbocycles. The predicted molar refractivity (Wildman–Crippen MR) is 107 cm³/mol. The van der Waals surface area contributed by atoms with Gasteiger partial charge in [0.05, 0.1) is 23.7 Å². The smallest absolute Gasteiger partial charge is 0.340 e. The van der Waals surface area contributed by atoms with Crippen molar-refractivity contribution in [3.05, 3.63) is 58.0 Å². The molecule has 2 N–H and O–H groups in total. The summed E-state index contributed by atoms with van der Waals surface area (Å²) < 4.78 is 37.0. The molecule has 11 heteroatoms. The van der Waals surface area contributed by atoms with E-state index in [1.807, 2.05) is 0 Å². The van der Waals surface area contributed by atoms with E-state index < -0.39 is 28.5 Å². The Kier molecular flexibility index (Phi) is 6.65. The third kappa shape index (κ3) is 5.12. The number of sulfonamides is 1. The number of benzene rings is 1. The van der Waals surface area contributed by atoms with Gasteiger partial charge in [0.1, 0.15) is 0 Å². The first-order valence-electron chi connectivity index (χ1n) is 9.11. The van der Waals surface area contributed by atoms with Crippen molar-refractivity contribution in [2.75, 3.05) is 38.2 Å². The van der Waals surface area contributed by atoms with Crippen molar-refractivity contribution in [2.45, 2.75) is 11.8 Å². The van der Waals surface area contributed by atoms with Crippen molar-refractivity contribution in [1.82, 2.24) is 9.29 Å². The topological polar surface area (TPSA) is 135 Å². The van der Waals surface area contributed by atoms with E-state index in [9.17, 15) is 22.8 Å². The Labute approximate surface area is 172 Å². The first-order chi connectivity index (χ1) is 14.3. The molecule has 1 aliphatic rings. The molecule has 160 valence electrons. The number of H-pyrrole nitrogens is 1. The van der Waals surface area contributed by atoms with Crippen LogP contribution in [0.15, 0.2) is 46.2 Å². The van der Waals surface area contributed by atoms with Crippen LogP contribution in [0.5, 0.6) is 0 Å². The second-order valence-corrected chi connectivity index (χ2v) is 8.50. The molecule has 1 amide bonds. The highest BCUT2D eigenvalue weighted by molar-refractivity contribution is 7.89. The summed E-state index contributed by atoms with van der Waals surface area (Å²) in [5.41, 5.74) is 0.675. The lowest BCUT2D eigenvalue weighted by Gasteiger charge is -2.26. The molecule has 0 bridgehead atoms. The Morgan fingerprint density at radius 2 is 1.93 bits per heavy atom. The standard InChI is InChI=1S/C19H21N3O7S/c1-13-2-4-15(30(26,27)22-6-8-28-9-7-22)10-16(13)21-18(24)12-29-19(25)14-3-5-17(23)20-11-14/h2-5,10-11H,6-9,12H2,1H3,(H,20,23)(H,21,24). The van der Waals surface area contributed by atoms with Crippen molar-refractivity contribution in [1.29, 1.82) is 0 Å². The Balaban J connectivity index is 1.66. The van der Waals surface area contributed by atoms with E-state index in [0.29, 0.717) is 24.5 Å². The molecule has 2 heterocycles. The zero-order chi connectivity index (χ0) is 21.7. The maximum atomic E-state index is 12.8. The van der Waals surface area contributed by atoms with Gasteiger partial charge in [-0.25, -0.2) is 13.2 Å². The number of carbonyl (C=O) groups excluding carboxylic acids is 2. The number of hydrogen-bond donors (Lipinski definition) is 2. The van der Waals surface area contributed by atoms with Crippen molar-refractivity contribution in [2.24, 2.45) is 0 Å². The van der Waals surface area contributed by atoms with Crippen LogP contribution in [-0.4, -0.2) is 62.5 Å². The summed E-state index contributed by atoms with van der Waals surface area (Å²) in [4.78, 5) is 37.5. The number of aryl methyl sites for hydroxylation is 1. The van der Waals surface area contributed by atoms with E-state index in [1.165, 1.54) is 34.8 Å². The fourth-order valence-corrected chi connectivity index (χ4v) is 4.21. The van der Waals surface area contributed by atoms with Crippen LogP contribution >= 0.6 is 0 Å². The number of carbonyl (C=O) groups is 2. The van der Waals surface area contributed by atoms with Crippen LogP contribution in [0.4, 0.5) is 5.69 Å². The Morgan fingerprint density at radius 3 is 2.60 bits per heavy atom. The average molecular weight is 435 g/mol. The van der Waals surface area contributed by atoms with E-state index in [1.54, 1.807) is 13.0 Å². The SMILES string of the molecule is Cc1ccc(S(=O)(=O)N2CCOCC2)cc1NC(=O)COC(=O)c1ccc(=O)[nH]c1. The van der Waals surface area contributed by atoms with Gasteiger partial charge in [0.2, 0.25) is 15.6 Å². The molecule has 2 aromatic rings. The number of aromatic nitrogens is 1. The van der Waals surface area contributed by atoms with Crippen LogP contribution in [-0.2, 0) is 24.3 Å².